The van der Waals surface area contributed by atoms with Crippen molar-refractivity contribution in [1.82, 2.24) is 20.9 Å². The Morgan fingerprint density at radius 1 is 1.73 bits per heavy atom. The summed E-state index contributed by atoms with van der Waals surface area (Å²) in [4.78, 5) is 4.21. The molecule has 0 saturated heterocycles. The van der Waals surface area contributed by atoms with E-state index < -0.39 is 0 Å². The second-order valence-electron chi connectivity index (χ2n) is 2.84. The highest BCUT2D eigenvalue weighted by Gasteiger charge is 1.95. The lowest BCUT2D eigenvalue weighted by Gasteiger charge is -2.07. The van der Waals surface area contributed by atoms with Crippen molar-refractivity contribution in [2.45, 2.75) is 6.54 Å². The zero-order valence-electron chi connectivity index (χ0n) is 8.66. The molecule has 0 fully saturated rings. The van der Waals surface area contributed by atoms with Gasteiger partial charge in [-0.25, -0.2) is 10.8 Å². The number of rotatable bonds is 5. The molecule has 0 aromatic carbocycles. The summed E-state index contributed by atoms with van der Waals surface area (Å²) in [6.45, 7) is 1.79. The molecule has 1 heterocycles. The minimum Gasteiger partial charge on any atom is -0.383 e. The molecule has 1 rings (SSSR count). The molecule has 7 heteroatoms. The first-order valence-electron chi connectivity index (χ1n) is 4.58. The molecule has 1 aromatic heterocycles. The summed E-state index contributed by atoms with van der Waals surface area (Å²) in [6.07, 6.45) is 3.50. The largest absolute Gasteiger partial charge is 0.383 e. The van der Waals surface area contributed by atoms with E-state index in [0.717, 1.165) is 5.56 Å². The predicted octanol–water partition coefficient (Wildman–Crippen LogP) is -1.03. The van der Waals surface area contributed by atoms with Gasteiger partial charge in [0, 0.05) is 25.4 Å². The van der Waals surface area contributed by atoms with E-state index in [-0.39, 0.29) is 0 Å². The third-order valence-corrected chi connectivity index (χ3v) is 1.71. The number of ether oxygens (including phenoxy) is 1. The van der Waals surface area contributed by atoms with Crippen LogP contribution in [0.5, 0.6) is 0 Å². The van der Waals surface area contributed by atoms with Crippen LogP contribution in [0.3, 0.4) is 0 Å². The zero-order chi connectivity index (χ0) is 10.9. The van der Waals surface area contributed by atoms with Crippen LogP contribution in [0.4, 0.5) is 0 Å². The Kier molecular flexibility index (Phi) is 5.20. The second kappa shape index (κ2) is 6.80. The summed E-state index contributed by atoms with van der Waals surface area (Å²) in [6, 6.07) is 0. The number of H-pyrrole nitrogens is 1. The van der Waals surface area contributed by atoms with Gasteiger partial charge in [-0.05, 0) is 0 Å². The molecule has 5 N–H and O–H groups in total. The van der Waals surface area contributed by atoms with E-state index in [9.17, 15) is 0 Å². The summed E-state index contributed by atoms with van der Waals surface area (Å²) in [7, 11) is 1.64. The maximum atomic E-state index is 5.29. The monoisotopic (exact) mass is 212 g/mol. The predicted molar refractivity (Wildman–Crippen MR) is 56.9 cm³/mol. The fraction of sp³-hybridized carbons (Fsp3) is 0.500. The van der Waals surface area contributed by atoms with Gasteiger partial charge in [-0.15, -0.1) is 0 Å². The minimum absolute atomic E-state index is 0.524. The molecule has 15 heavy (non-hydrogen) atoms. The minimum atomic E-state index is 0.524. The number of methoxy groups -OCH3 is 1. The molecule has 0 saturated carbocycles. The molecule has 1 aromatic rings. The number of aromatic nitrogens is 2. The number of aromatic amines is 1. The third-order valence-electron chi connectivity index (χ3n) is 1.71. The van der Waals surface area contributed by atoms with Gasteiger partial charge >= 0.3 is 0 Å². The Bertz CT molecular complexity index is 283. The van der Waals surface area contributed by atoms with Crippen LogP contribution in [0.25, 0.3) is 0 Å². The highest BCUT2D eigenvalue weighted by atomic mass is 16.5. The molecule has 84 valence electrons. The fourth-order valence-electron chi connectivity index (χ4n) is 0.959. The maximum absolute atomic E-state index is 5.29. The van der Waals surface area contributed by atoms with Crippen molar-refractivity contribution in [1.29, 1.82) is 0 Å². The number of aliphatic imine (C=N–C) groups is 1. The van der Waals surface area contributed by atoms with Crippen LogP contribution in [0.2, 0.25) is 0 Å². The molecule has 0 aliphatic carbocycles. The first-order chi connectivity index (χ1) is 7.36. The average Bonchev–Trinajstić information content (AvgIpc) is 2.76. The van der Waals surface area contributed by atoms with Crippen molar-refractivity contribution in [3.8, 4) is 0 Å². The van der Waals surface area contributed by atoms with E-state index in [1.54, 1.807) is 19.5 Å². The normalized spacial score (nSPS) is 11.5. The van der Waals surface area contributed by atoms with Crippen LogP contribution in [0.1, 0.15) is 5.56 Å². The fourth-order valence-corrected chi connectivity index (χ4v) is 0.959. The van der Waals surface area contributed by atoms with Crippen LogP contribution in [0.15, 0.2) is 17.4 Å². The summed E-state index contributed by atoms with van der Waals surface area (Å²) >= 11 is 0. The van der Waals surface area contributed by atoms with Gasteiger partial charge < -0.3 is 10.1 Å². The van der Waals surface area contributed by atoms with E-state index >= 15 is 0 Å². The second-order valence-corrected chi connectivity index (χ2v) is 2.84. The molecule has 0 atom stereocenters. The van der Waals surface area contributed by atoms with E-state index in [0.29, 0.717) is 25.7 Å². The number of hydrazine groups is 1. The number of nitrogens with one attached hydrogen (secondary N) is 3. The van der Waals surface area contributed by atoms with Gasteiger partial charge in [0.25, 0.3) is 0 Å². The van der Waals surface area contributed by atoms with Crippen LogP contribution in [-0.4, -0.2) is 36.4 Å². The van der Waals surface area contributed by atoms with Gasteiger partial charge in [-0.3, -0.25) is 10.5 Å². The van der Waals surface area contributed by atoms with E-state index in [1.165, 1.54) is 0 Å². The average molecular weight is 212 g/mol. The number of hydrogen-bond acceptors (Lipinski definition) is 4. The first-order valence-corrected chi connectivity index (χ1v) is 4.58. The Labute approximate surface area is 88.1 Å². The lowest BCUT2D eigenvalue weighted by atomic mass is 10.4. The standard InChI is InChI=1S/C8H16N6O/c1-15-3-2-10-8(14-9)11-4-7-5-12-13-6-7/h5-6H,2-4,9H2,1H3,(H,12,13)(H2,10,11,14). The van der Waals surface area contributed by atoms with Gasteiger partial charge in [-0.1, -0.05) is 0 Å². The van der Waals surface area contributed by atoms with E-state index in [4.69, 9.17) is 10.6 Å². The summed E-state index contributed by atoms with van der Waals surface area (Å²) < 4.78 is 4.89. The molecule has 0 amide bonds. The Morgan fingerprint density at radius 2 is 2.60 bits per heavy atom. The van der Waals surface area contributed by atoms with Gasteiger partial charge in [0.2, 0.25) is 5.96 Å². The van der Waals surface area contributed by atoms with Crippen LogP contribution < -0.4 is 16.6 Å². The number of nitrogens with two attached hydrogens (primary N) is 1. The van der Waals surface area contributed by atoms with Crippen LogP contribution in [-0.2, 0) is 11.3 Å². The topological polar surface area (TPSA) is 100 Å². The van der Waals surface area contributed by atoms with E-state index in [2.05, 4.69) is 25.9 Å². The summed E-state index contributed by atoms with van der Waals surface area (Å²) in [5, 5.41) is 9.52. The SMILES string of the molecule is COCCNC(=NCc1cn[nH]c1)NN. The highest BCUT2D eigenvalue weighted by Crippen LogP contribution is 1.95. The Morgan fingerprint density at radius 3 is 3.20 bits per heavy atom. The smallest absolute Gasteiger partial charge is 0.206 e. The van der Waals surface area contributed by atoms with Gasteiger partial charge in [-0.2, -0.15) is 5.10 Å². The number of hydrogen-bond donors (Lipinski definition) is 4. The molecule has 0 aliphatic heterocycles. The van der Waals surface area contributed by atoms with Crippen molar-refractivity contribution >= 4 is 5.96 Å². The lowest BCUT2D eigenvalue weighted by molar-refractivity contribution is 0.203. The van der Waals surface area contributed by atoms with Gasteiger partial charge in [0.15, 0.2) is 0 Å². The summed E-state index contributed by atoms with van der Waals surface area (Å²) in [5.74, 6) is 5.82. The zero-order valence-corrected chi connectivity index (χ0v) is 8.66. The molecule has 0 spiro atoms. The molecule has 0 aliphatic rings. The molecular weight excluding hydrogens is 196 g/mol. The Balaban J connectivity index is 2.33. The van der Waals surface area contributed by atoms with Crippen molar-refractivity contribution in [2.75, 3.05) is 20.3 Å². The molecule has 7 nitrogen and oxygen atoms in total. The third kappa shape index (κ3) is 4.43. The summed E-state index contributed by atoms with van der Waals surface area (Å²) in [5.41, 5.74) is 3.47. The van der Waals surface area contributed by atoms with Crippen molar-refractivity contribution in [3.05, 3.63) is 18.0 Å². The molecule has 0 unspecified atom stereocenters. The molecule has 0 bridgehead atoms. The maximum Gasteiger partial charge on any atom is 0.206 e. The van der Waals surface area contributed by atoms with Crippen LogP contribution in [0, 0.1) is 0 Å². The van der Waals surface area contributed by atoms with Gasteiger partial charge in [0.05, 0.1) is 19.3 Å². The molecular formula is C8H16N6O. The lowest BCUT2D eigenvalue weighted by Crippen LogP contribution is -2.42. The van der Waals surface area contributed by atoms with Crippen molar-refractivity contribution < 1.29 is 4.74 Å². The van der Waals surface area contributed by atoms with E-state index in [1.807, 2.05) is 0 Å². The quantitative estimate of drug-likeness (QED) is 0.164. The Hall–Kier alpha value is -1.60. The van der Waals surface area contributed by atoms with Crippen molar-refractivity contribution in [2.24, 2.45) is 10.8 Å². The van der Waals surface area contributed by atoms with Crippen molar-refractivity contribution in [3.63, 3.8) is 0 Å². The molecule has 0 radical (unpaired) electrons. The van der Waals surface area contributed by atoms with Crippen LogP contribution >= 0.6 is 0 Å². The first kappa shape index (κ1) is 11.5. The highest BCUT2D eigenvalue weighted by molar-refractivity contribution is 5.79. The number of guanidine groups is 1. The van der Waals surface area contributed by atoms with Gasteiger partial charge in [0.1, 0.15) is 0 Å². The number of nitrogens with zero attached hydrogens (tertiary/aromatic N) is 2.